The number of pyridine rings is 1. The summed E-state index contributed by atoms with van der Waals surface area (Å²) in [6, 6.07) is 5.58. The summed E-state index contributed by atoms with van der Waals surface area (Å²) in [5.41, 5.74) is 8.83. The third-order valence-corrected chi connectivity index (χ3v) is 4.50. The van der Waals surface area contributed by atoms with Crippen LogP contribution in [0.15, 0.2) is 22.7 Å². The van der Waals surface area contributed by atoms with E-state index in [1.807, 2.05) is 26.0 Å². The summed E-state index contributed by atoms with van der Waals surface area (Å²) < 4.78 is 1.09. The highest BCUT2D eigenvalue weighted by molar-refractivity contribution is 9.10. The van der Waals surface area contributed by atoms with Gasteiger partial charge < -0.3 is 11.1 Å². The second-order valence-corrected chi connectivity index (χ2v) is 5.84. The first-order valence-corrected chi connectivity index (χ1v) is 7.08. The minimum Gasteiger partial charge on any atom is -0.382 e. The number of halogens is 3. The standard InChI is InChI=1S/C13H12BrCl2N3/c1-6-3-8(4-7(2)11(6)14)18-13-10(16)5-9(15)12(17)19-13/h3-5H,1-2H3,(H3,17,18,19). The van der Waals surface area contributed by atoms with E-state index >= 15 is 0 Å². The number of hydrogen-bond acceptors (Lipinski definition) is 3. The molecule has 0 unspecified atom stereocenters. The molecule has 0 atom stereocenters. The lowest BCUT2D eigenvalue weighted by atomic mass is 10.1. The number of anilines is 3. The van der Waals surface area contributed by atoms with Gasteiger partial charge in [-0.3, -0.25) is 0 Å². The van der Waals surface area contributed by atoms with E-state index in [4.69, 9.17) is 28.9 Å². The molecule has 0 saturated carbocycles. The summed E-state index contributed by atoms with van der Waals surface area (Å²) in [5, 5.41) is 3.92. The summed E-state index contributed by atoms with van der Waals surface area (Å²) in [6.45, 7) is 4.04. The second kappa shape index (κ2) is 5.57. The second-order valence-electron chi connectivity index (χ2n) is 4.23. The molecule has 100 valence electrons. The number of nitrogen functional groups attached to an aromatic ring is 1. The van der Waals surface area contributed by atoms with Gasteiger partial charge in [0.2, 0.25) is 0 Å². The van der Waals surface area contributed by atoms with Gasteiger partial charge in [0, 0.05) is 10.2 Å². The highest BCUT2D eigenvalue weighted by Gasteiger charge is 2.09. The molecule has 2 aromatic rings. The number of benzene rings is 1. The van der Waals surface area contributed by atoms with E-state index in [0.29, 0.717) is 15.9 Å². The zero-order valence-electron chi connectivity index (χ0n) is 10.4. The van der Waals surface area contributed by atoms with Crippen LogP contribution in [0.3, 0.4) is 0 Å². The maximum absolute atomic E-state index is 6.09. The normalized spacial score (nSPS) is 10.6. The van der Waals surface area contributed by atoms with E-state index in [-0.39, 0.29) is 5.82 Å². The molecule has 0 radical (unpaired) electrons. The van der Waals surface area contributed by atoms with Crippen molar-refractivity contribution in [1.29, 1.82) is 0 Å². The van der Waals surface area contributed by atoms with Crippen molar-refractivity contribution in [3.63, 3.8) is 0 Å². The van der Waals surface area contributed by atoms with Crippen molar-refractivity contribution >= 4 is 56.5 Å². The Hall–Kier alpha value is -0.970. The summed E-state index contributed by atoms with van der Waals surface area (Å²) >= 11 is 15.5. The predicted octanol–water partition coefficient (Wildman–Crippen LogP) is 5.09. The Morgan fingerprint density at radius 1 is 1.11 bits per heavy atom. The summed E-state index contributed by atoms with van der Waals surface area (Å²) in [4.78, 5) is 4.14. The van der Waals surface area contributed by atoms with Gasteiger partial charge in [0.15, 0.2) is 5.82 Å². The first kappa shape index (κ1) is 14.4. The first-order valence-electron chi connectivity index (χ1n) is 5.53. The first-order chi connectivity index (χ1) is 8.88. The van der Waals surface area contributed by atoms with Crippen LogP contribution in [0.25, 0.3) is 0 Å². The molecule has 6 heteroatoms. The lowest BCUT2D eigenvalue weighted by Gasteiger charge is -2.12. The average molecular weight is 361 g/mol. The van der Waals surface area contributed by atoms with E-state index in [2.05, 4.69) is 26.2 Å². The van der Waals surface area contributed by atoms with Crippen LogP contribution in [0.2, 0.25) is 10.0 Å². The minimum atomic E-state index is 0.249. The summed E-state index contributed by atoms with van der Waals surface area (Å²) in [7, 11) is 0. The molecule has 0 amide bonds. The molecule has 0 aliphatic carbocycles. The number of nitrogens with one attached hydrogen (secondary N) is 1. The van der Waals surface area contributed by atoms with Gasteiger partial charge in [-0.2, -0.15) is 0 Å². The van der Waals surface area contributed by atoms with Crippen LogP contribution in [0.4, 0.5) is 17.3 Å². The Balaban J connectivity index is 2.39. The van der Waals surface area contributed by atoms with Crippen LogP contribution in [0.1, 0.15) is 11.1 Å². The van der Waals surface area contributed by atoms with Crippen LogP contribution in [-0.4, -0.2) is 4.98 Å². The highest BCUT2D eigenvalue weighted by Crippen LogP contribution is 2.31. The number of aromatic nitrogens is 1. The number of aryl methyl sites for hydroxylation is 2. The molecule has 0 spiro atoms. The Morgan fingerprint density at radius 2 is 1.68 bits per heavy atom. The fraction of sp³-hybridized carbons (Fsp3) is 0.154. The molecule has 0 bridgehead atoms. The monoisotopic (exact) mass is 359 g/mol. The SMILES string of the molecule is Cc1cc(Nc2nc(N)c(Cl)cc2Cl)cc(C)c1Br. The predicted molar refractivity (Wildman–Crippen MR) is 85.6 cm³/mol. The minimum absolute atomic E-state index is 0.249. The van der Waals surface area contributed by atoms with Crippen molar-refractivity contribution in [2.45, 2.75) is 13.8 Å². The van der Waals surface area contributed by atoms with Crippen molar-refractivity contribution in [2.75, 3.05) is 11.1 Å². The van der Waals surface area contributed by atoms with Crippen molar-refractivity contribution in [3.05, 3.63) is 43.8 Å². The van der Waals surface area contributed by atoms with Crippen molar-refractivity contribution in [1.82, 2.24) is 4.98 Å². The third kappa shape index (κ3) is 3.14. The molecular weight excluding hydrogens is 349 g/mol. The zero-order chi connectivity index (χ0) is 14.2. The smallest absolute Gasteiger partial charge is 0.151 e. The Kier molecular flexibility index (Phi) is 4.23. The fourth-order valence-electron chi connectivity index (χ4n) is 1.72. The van der Waals surface area contributed by atoms with Gasteiger partial charge >= 0.3 is 0 Å². The van der Waals surface area contributed by atoms with Gasteiger partial charge in [-0.15, -0.1) is 0 Å². The molecular formula is C13H12BrCl2N3. The van der Waals surface area contributed by atoms with Crippen molar-refractivity contribution < 1.29 is 0 Å². The van der Waals surface area contributed by atoms with Gasteiger partial charge in [-0.25, -0.2) is 4.98 Å². The molecule has 0 aliphatic heterocycles. The number of nitrogens with two attached hydrogens (primary N) is 1. The van der Waals surface area contributed by atoms with Gasteiger partial charge in [0.25, 0.3) is 0 Å². The number of rotatable bonds is 2. The molecule has 0 fully saturated rings. The molecule has 1 aromatic heterocycles. The van der Waals surface area contributed by atoms with Gasteiger partial charge in [-0.1, -0.05) is 39.1 Å². The Morgan fingerprint density at radius 3 is 2.26 bits per heavy atom. The quantitative estimate of drug-likeness (QED) is 0.783. The van der Waals surface area contributed by atoms with Gasteiger partial charge in [-0.05, 0) is 43.2 Å². The van der Waals surface area contributed by atoms with Crippen LogP contribution < -0.4 is 11.1 Å². The highest BCUT2D eigenvalue weighted by atomic mass is 79.9. The van der Waals surface area contributed by atoms with Crippen LogP contribution in [-0.2, 0) is 0 Å². The van der Waals surface area contributed by atoms with E-state index in [9.17, 15) is 0 Å². The van der Waals surface area contributed by atoms with Gasteiger partial charge in [0.05, 0.1) is 10.0 Å². The fourth-order valence-corrected chi connectivity index (χ4v) is 2.36. The zero-order valence-corrected chi connectivity index (χ0v) is 13.5. The van der Waals surface area contributed by atoms with E-state index < -0.39 is 0 Å². The number of hydrogen-bond donors (Lipinski definition) is 2. The third-order valence-electron chi connectivity index (χ3n) is 2.66. The number of nitrogens with zero attached hydrogens (tertiary/aromatic N) is 1. The van der Waals surface area contributed by atoms with Crippen molar-refractivity contribution in [3.8, 4) is 0 Å². The van der Waals surface area contributed by atoms with Crippen LogP contribution >= 0.6 is 39.1 Å². The topological polar surface area (TPSA) is 50.9 Å². The molecule has 1 aromatic carbocycles. The summed E-state index contributed by atoms with van der Waals surface area (Å²) in [6.07, 6.45) is 0. The van der Waals surface area contributed by atoms with E-state index in [1.54, 1.807) is 6.07 Å². The lowest BCUT2D eigenvalue weighted by molar-refractivity contribution is 1.29. The van der Waals surface area contributed by atoms with Crippen molar-refractivity contribution in [2.24, 2.45) is 0 Å². The summed E-state index contributed by atoms with van der Waals surface area (Å²) in [5.74, 6) is 0.740. The largest absolute Gasteiger partial charge is 0.382 e. The van der Waals surface area contributed by atoms with Crippen LogP contribution in [0.5, 0.6) is 0 Å². The van der Waals surface area contributed by atoms with E-state index in [1.165, 1.54) is 0 Å². The van der Waals surface area contributed by atoms with Crippen LogP contribution in [0, 0.1) is 13.8 Å². The Bertz CT molecular complexity index is 621. The molecule has 3 nitrogen and oxygen atoms in total. The molecule has 3 N–H and O–H groups in total. The lowest BCUT2D eigenvalue weighted by Crippen LogP contribution is -2.00. The average Bonchev–Trinajstić information content (AvgIpc) is 2.33. The maximum Gasteiger partial charge on any atom is 0.151 e. The van der Waals surface area contributed by atoms with E-state index in [0.717, 1.165) is 21.3 Å². The molecule has 2 rings (SSSR count). The molecule has 19 heavy (non-hydrogen) atoms. The van der Waals surface area contributed by atoms with Gasteiger partial charge in [0.1, 0.15) is 5.82 Å². The molecule has 1 heterocycles. The maximum atomic E-state index is 6.09. The molecule has 0 saturated heterocycles. The Labute approximate surface area is 130 Å². The molecule has 0 aliphatic rings.